The normalized spacial score (nSPS) is 23.8. The van der Waals surface area contributed by atoms with Gasteiger partial charge in [-0.25, -0.2) is 0 Å². The van der Waals surface area contributed by atoms with E-state index in [0.29, 0.717) is 5.96 Å². The number of nitrogens with zero attached hydrogens (tertiary/aromatic N) is 3. The quantitative estimate of drug-likeness (QED) is 0.464. The topological polar surface area (TPSA) is 54.1 Å². The van der Waals surface area contributed by atoms with Gasteiger partial charge >= 0.3 is 0 Å². The van der Waals surface area contributed by atoms with Crippen LogP contribution in [0.4, 0.5) is 0 Å². The number of guanidine groups is 1. The van der Waals surface area contributed by atoms with E-state index in [4.69, 9.17) is 10.5 Å². The van der Waals surface area contributed by atoms with Crippen molar-refractivity contribution in [2.45, 2.75) is 26.2 Å². The zero-order valence-electron chi connectivity index (χ0n) is 12.2. The molecule has 2 N–H and O–H groups in total. The number of likely N-dealkylation sites (tertiary alicyclic amines) is 1. The molecule has 0 bridgehead atoms. The summed E-state index contributed by atoms with van der Waals surface area (Å²) in [4.78, 5) is 9.16. The van der Waals surface area contributed by atoms with Gasteiger partial charge in [-0.2, -0.15) is 0 Å². The average Bonchev–Trinajstić information content (AvgIpc) is 2.46. The molecule has 0 radical (unpaired) electrons. The van der Waals surface area contributed by atoms with Crippen LogP contribution in [0.15, 0.2) is 4.99 Å². The maximum atomic E-state index is 5.99. The van der Waals surface area contributed by atoms with E-state index < -0.39 is 0 Å². The first kappa shape index (κ1) is 14.6. The maximum absolute atomic E-state index is 5.99. The monoisotopic (exact) mass is 268 g/mol. The number of morpholine rings is 1. The van der Waals surface area contributed by atoms with Crippen molar-refractivity contribution in [1.29, 1.82) is 0 Å². The van der Waals surface area contributed by atoms with Gasteiger partial charge in [-0.1, -0.05) is 6.92 Å². The molecule has 5 nitrogen and oxygen atoms in total. The Bertz CT molecular complexity index is 281. The van der Waals surface area contributed by atoms with E-state index in [-0.39, 0.29) is 0 Å². The maximum Gasteiger partial charge on any atom is 0.191 e. The van der Waals surface area contributed by atoms with Gasteiger partial charge < -0.3 is 20.3 Å². The van der Waals surface area contributed by atoms with Crippen molar-refractivity contribution in [3.8, 4) is 0 Å². The molecule has 0 aromatic carbocycles. The largest absolute Gasteiger partial charge is 0.378 e. The highest BCUT2D eigenvalue weighted by molar-refractivity contribution is 5.78. The highest BCUT2D eigenvalue weighted by Gasteiger charge is 2.15. The van der Waals surface area contributed by atoms with E-state index in [1.54, 1.807) is 0 Å². The third kappa shape index (κ3) is 4.99. The Labute approximate surface area is 116 Å². The van der Waals surface area contributed by atoms with Gasteiger partial charge in [-0.15, -0.1) is 0 Å². The first-order chi connectivity index (χ1) is 9.25. The third-order valence-electron chi connectivity index (χ3n) is 4.12. The number of hydrogen-bond acceptors (Lipinski definition) is 3. The minimum Gasteiger partial charge on any atom is -0.378 e. The third-order valence-corrected chi connectivity index (χ3v) is 4.12. The number of nitrogens with two attached hydrogens (primary N) is 1. The van der Waals surface area contributed by atoms with Crippen molar-refractivity contribution in [2.24, 2.45) is 16.6 Å². The van der Waals surface area contributed by atoms with Gasteiger partial charge in [0, 0.05) is 19.6 Å². The van der Waals surface area contributed by atoms with Crippen molar-refractivity contribution in [3.63, 3.8) is 0 Å². The molecule has 0 amide bonds. The van der Waals surface area contributed by atoms with Crippen molar-refractivity contribution in [2.75, 3.05) is 52.5 Å². The Kier molecular flexibility index (Phi) is 5.92. The molecule has 0 saturated carbocycles. The van der Waals surface area contributed by atoms with Crippen LogP contribution < -0.4 is 5.73 Å². The Morgan fingerprint density at radius 2 is 1.89 bits per heavy atom. The summed E-state index contributed by atoms with van der Waals surface area (Å²) >= 11 is 0. The predicted molar refractivity (Wildman–Crippen MR) is 78.3 cm³/mol. The number of ether oxygens (including phenoxy) is 1. The van der Waals surface area contributed by atoms with Crippen LogP contribution in [0, 0.1) is 5.92 Å². The molecular formula is C14H28N4O. The second kappa shape index (κ2) is 7.70. The predicted octanol–water partition coefficient (Wildman–Crippen LogP) is 0.755. The minimum absolute atomic E-state index is 0.690. The molecule has 19 heavy (non-hydrogen) atoms. The molecular weight excluding hydrogens is 240 g/mol. The lowest BCUT2D eigenvalue weighted by Crippen LogP contribution is -2.44. The summed E-state index contributed by atoms with van der Waals surface area (Å²) in [5.74, 6) is 1.60. The second-order valence-corrected chi connectivity index (χ2v) is 5.72. The van der Waals surface area contributed by atoms with Gasteiger partial charge in [0.25, 0.3) is 0 Å². The molecule has 2 heterocycles. The second-order valence-electron chi connectivity index (χ2n) is 5.72. The molecule has 110 valence electrons. The molecule has 2 aliphatic heterocycles. The van der Waals surface area contributed by atoms with Gasteiger partial charge in [-0.05, 0) is 44.8 Å². The lowest BCUT2D eigenvalue weighted by Gasteiger charge is -2.30. The lowest BCUT2D eigenvalue weighted by atomic mass is 9.99. The molecule has 0 aromatic heterocycles. The molecule has 2 aliphatic rings. The van der Waals surface area contributed by atoms with E-state index in [9.17, 15) is 0 Å². The SMILES string of the molecule is CC1CCN(CCCN=C(N)N2CCOCC2)CC1. The molecule has 0 aromatic rings. The summed E-state index contributed by atoms with van der Waals surface area (Å²) in [5.41, 5.74) is 5.99. The summed E-state index contributed by atoms with van der Waals surface area (Å²) in [7, 11) is 0. The van der Waals surface area contributed by atoms with E-state index in [1.165, 1.54) is 25.9 Å². The standard InChI is InChI=1S/C14H28N4O/c1-13-3-7-17(8-4-13)6-2-5-16-14(15)18-9-11-19-12-10-18/h13H,2-12H2,1H3,(H2,15,16). The van der Waals surface area contributed by atoms with Gasteiger partial charge in [0.2, 0.25) is 0 Å². The number of hydrogen-bond donors (Lipinski definition) is 1. The van der Waals surface area contributed by atoms with Gasteiger partial charge in [0.15, 0.2) is 5.96 Å². The van der Waals surface area contributed by atoms with Crippen molar-refractivity contribution in [1.82, 2.24) is 9.80 Å². The van der Waals surface area contributed by atoms with E-state index >= 15 is 0 Å². The number of aliphatic imine (C=N–C) groups is 1. The molecule has 0 unspecified atom stereocenters. The van der Waals surface area contributed by atoms with Crippen LogP contribution in [-0.4, -0.2) is 68.2 Å². The molecule has 0 spiro atoms. The Balaban J connectivity index is 1.60. The smallest absolute Gasteiger partial charge is 0.191 e. The van der Waals surface area contributed by atoms with E-state index in [2.05, 4.69) is 21.7 Å². The Morgan fingerprint density at radius 1 is 1.21 bits per heavy atom. The Hall–Kier alpha value is -0.810. The molecule has 0 aliphatic carbocycles. The minimum atomic E-state index is 0.690. The van der Waals surface area contributed by atoms with Gasteiger partial charge in [-0.3, -0.25) is 4.99 Å². The van der Waals surface area contributed by atoms with Crippen molar-refractivity contribution in [3.05, 3.63) is 0 Å². The van der Waals surface area contributed by atoms with E-state index in [1.807, 2.05) is 0 Å². The Morgan fingerprint density at radius 3 is 2.58 bits per heavy atom. The van der Waals surface area contributed by atoms with Crippen molar-refractivity contribution < 1.29 is 4.74 Å². The van der Waals surface area contributed by atoms with Gasteiger partial charge in [0.05, 0.1) is 13.2 Å². The highest BCUT2D eigenvalue weighted by atomic mass is 16.5. The van der Waals surface area contributed by atoms with Crippen molar-refractivity contribution >= 4 is 5.96 Å². The van der Waals surface area contributed by atoms with Crippen LogP contribution in [-0.2, 0) is 4.74 Å². The molecule has 0 atom stereocenters. The fourth-order valence-electron chi connectivity index (χ4n) is 2.67. The lowest BCUT2D eigenvalue weighted by molar-refractivity contribution is 0.0674. The summed E-state index contributed by atoms with van der Waals surface area (Å²) in [6.07, 6.45) is 3.80. The first-order valence-electron chi connectivity index (χ1n) is 7.60. The molecule has 5 heteroatoms. The first-order valence-corrected chi connectivity index (χ1v) is 7.60. The fraction of sp³-hybridized carbons (Fsp3) is 0.929. The zero-order chi connectivity index (χ0) is 13.5. The summed E-state index contributed by atoms with van der Waals surface area (Å²) in [6, 6.07) is 0. The molecule has 2 fully saturated rings. The van der Waals surface area contributed by atoms with Crippen LogP contribution in [0.1, 0.15) is 26.2 Å². The summed E-state index contributed by atoms with van der Waals surface area (Å²) in [6.45, 7) is 10.1. The fourth-order valence-corrected chi connectivity index (χ4v) is 2.67. The number of piperidine rings is 1. The van der Waals surface area contributed by atoms with Crippen LogP contribution in [0.25, 0.3) is 0 Å². The van der Waals surface area contributed by atoms with Crippen LogP contribution in [0.2, 0.25) is 0 Å². The zero-order valence-corrected chi connectivity index (χ0v) is 12.2. The summed E-state index contributed by atoms with van der Waals surface area (Å²) in [5, 5.41) is 0. The average molecular weight is 268 g/mol. The van der Waals surface area contributed by atoms with Crippen LogP contribution in [0.5, 0.6) is 0 Å². The number of rotatable bonds is 4. The summed E-state index contributed by atoms with van der Waals surface area (Å²) < 4.78 is 5.30. The van der Waals surface area contributed by atoms with E-state index in [0.717, 1.165) is 51.7 Å². The van der Waals surface area contributed by atoms with Crippen LogP contribution in [0.3, 0.4) is 0 Å². The molecule has 2 saturated heterocycles. The molecule has 2 rings (SSSR count). The highest BCUT2D eigenvalue weighted by Crippen LogP contribution is 2.15. The van der Waals surface area contributed by atoms with Gasteiger partial charge in [0.1, 0.15) is 0 Å². The van der Waals surface area contributed by atoms with Crippen LogP contribution >= 0.6 is 0 Å².